The van der Waals surface area contributed by atoms with Gasteiger partial charge in [0.1, 0.15) is 0 Å². The number of nitrogens with two attached hydrogens (primary N) is 1. The molecule has 1 atom stereocenters. The first kappa shape index (κ1) is 12.7. The van der Waals surface area contributed by atoms with Gasteiger partial charge in [-0.1, -0.05) is 19.1 Å². The number of methoxy groups -OCH3 is 1. The Labute approximate surface area is 82.2 Å². The first-order valence-corrected chi connectivity index (χ1v) is 4.88. The van der Waals surface area contributed by atoms with Crippen LogP contribution in [0.5, 0.6) is 0 Å². The molecule has 2 heteroatoms. The van der Waals surface area contributed by atoms with E-state index >= 15 is 0 Å². The minimum Gasteiger partial charge on any atom is -0.379 e. The van der Waals surface area contributed by atoms with Crippen molar-refractivity contribution < 1.29 is 4.74 Å². The lowest BCUT2D eigenvalue weighted by atomic mass is 9.94. The van der Waals surface area contributed by atoms with Crippen LogP contribution in [-0.4, -0.2) is 18.8 Å². The van der Waals surface area contributed by atoms with Crippen LogP contribution in [0.4, 0.5) is 0 Å². The zero-order valence-electron chi connectivity index (χ0n) is 9.39. The molecule has 0 fully saturated rings. The smallest absolute Gasteiger partial charge is 0.0637 e. The fraction of sp³-hybridized carbons (Fsp3) is 0.818. The molecule has 0 amide bonds. The van der Waals surface area contributed by atoms with Crippen LogP contribution >= 0.6 is 0 Å². The summed E-state index contributed by atoms with van der Waals surface area (Å²) in [6.07, 6.45) is 2.80. The Kier molecular flexibility index (Phi) is 5.26. The van der Waals surface area contributed by atoms with E-state index < -0.39 is 0 Å². The zero-order valence-corrected chi connectivity index (χ0v) is 9.39. The molecule has 0 aromatic carbocycles. The van der Waals surface area contributed by atoms with Gasteiger partial charge in [-0.3, -0.25) is 0 Å². The van der Waals surface area contributed by atoms with Gasteiger partial charge in [0.2, 0.25) is 0 Å². The van der Waals surface area contributed by atoms with E-state index in [1.165, 1.54) is 5.57 Å². The largest absolute Gasteiger partial charge is 0.379 e. The maximum absolute atomic E-state index is 5.97. The molecule has 0 aliphatic rings. The van der Waals surface area contributed by atoms with Crippen molar-refractivity contribution >= 4 is 0 Å². The highest BCUT2D eigenvalue weighted by Gasteiger charge is 2.20. The third-order valence-electron chi connectivity index (χ3n) is 2.36. The summed E-state index contributed by atoms with van der Waals surface area (Å²) in [5, 5.41) is 0. The lowest BCUT2D eigenvalue weighted by Gasteiger charge is -2.26. The van der Waals surface area contributed by atoms with E-state index in [4.69, 9.17) is 10.5 Å². The summed E-state index contributed by atoms with van der Waals surface area (Å²) in [6.45, 7) is 10.2. The molecule has 0 saturated heterocycles. The van der Waals surface area contributed by atoms with Gasteiger partial charge in [-0.2, -0.15) is 0 Å². The van der Waals surface area contributed by atoms with Gasteiger partial charge in [-0.25, -0.2) is 0 Å². The van der Waals surface area contributed by atoms with E-state index in [0.717, 1.165) is 19.3 Å². The molecule has 2 N–H and O–H groups in total. The second-order valence-electron chi connectivity index (χ2n) is 4.24. The predicted octanol–water partition coefficient (Wildman–Crippen LogP) is 2.49. The molecule has 0 radical (unpaired) electrons. The van der Waals surface area contributed by atoms with Crippen molar-refractivity contribution in [1.29, 1.82) is 0 Å². The Balaban J connectivity index is 3.86. The van der Waals surface area contributed by atoms with Crippen LogP contribution in [0.3, 0.4) is 0 Å². The topological polar surface area (TPSA) is 35.2 Å². The first-order chi connectivity index (χ1) is 5.91. The van der Waals surface area contributed by atoms with Crippen molar-refractivity contribution in [2.75, 3.05) is 7.11 Å². The summed E-state index contributed by atoms with van der Waals surface area (Å²) in [5.74, 6) is 0. The average Bonchev–Trinajstić information content (AvgIpc) is 2.03. The molecule has 78 valence electrons. The summed E-state index contributed by atoms with van der Waals surface area (Å²) in [6, 6.07) is 0.169. The van der Waals surface area contributed by atoms with Crippen molar-refractivity contribution in [2.45, 2.75) is 51.7 Å². The third kappa shape index (κ3) is 5.83. The quantitative estimate of drug-likeness (QED) is 0.645. The normalized spacial score (nSPS) is 14.2. The van der Waals surface area contributed by atoms with E-state index in [9.17, 15) is 0 Å². The van der Waals surface area contributed by atoms with Crippen LogP contribution < -0.4 is 5.73 Å². The van der Waals surface area contributed by atoms with Gasteiger partial charge < -0.3 is 10.5 Å². The molecule has 0 aromatic rings. The minimum atomic E-state index is -0.118. The molecular formula is C11H23NO. The fourth-order valence-electron chi connectivity index (χ4n) is 1.30. The lowest BCUT2D eigenvalue weighted by Crippen LogP contribution is -2.33. The molecule has 0 saturated carbocycles. The van der Waals surface area contributed by atoms with E-state index in [2.05, 4.69) is 27.4 Å². The number of rotatable bonds is 6. The van der Waals surface area contributed by atoms with Crippen LogP contribution in [0.25, 0.3) is 0 Å². The predicted molar refractivity (Wildman–Crippen MR) is 57.7 cm³/mol. The van der Waals surface area contributed by atoms with Gasteiger partial charge in [-0.15, -0.1) is 0 Å². The number of hydrogen-bond donors (Lipinski definition) is 1. The zero-order chi connectivity index (χ0) is 10.5. The molecule has 13 heavy (non-hydrogen) atoms. The van der Waals surface area contributed by atoms with Crippen molar-refractivity contribution in [3.63, 3.8) is 0 Å². The molecule has 0 heterocycles. The number of hydrogen-bond acceptors (Lipinski definition) is 2. The monoisotopic (exact) mass is 185 g/mol. The standard InChI is InChI=1S/C11H23NO/c1-6-9(2)7-10(12)8-11(3,4)13-5/h10H,2,6-8,12H2,1,3-5H3. The van der Waals surface area contributed by atoms with Gasteiger partial charge in [-0.05, 0) is 33.1 Å². The molecular weight excluding hydrogens is 162 g/mol. The van der Waals surface area contributed by atoms with Gasteiger partial charge in [0, 0.05) is 13.2 Å². The summed E-state index contributed by atoms with van der Waals surface area (Å²) >= 11 is 0. The fourth-order valence-corrected chi connectivity index (χ4v) is 1.30. The molecule has 0 rings (SSSR count). The number of ether oxygens (including phenoxy) is 1. The molecule has 2 nitrogen and oxygen atoms in total. The van der Waals surface area contributed by atoms with E-state index in [0.29, 0.717) is 0 Å². The Bertz CT molecular complexity index is 163. The van der Waals surface area contributed by atoms with Crippen molar-refractivity contribution in [3.05, 3.63) is 12.2 Å². The maximum Gasteiger partial charge on any atom is 0.0637 e. The van der Waals surface area contributed by atoms with Crippen molar-refractivity contribution in [3.8, 4) is 0 Å². The average molecular weight is 185 g/mol. The Morgan fingerprint density at radius 1 is 1.54 bits per heavy atom. The highest BCUT2D eigenvalue weighted by molar-refractivity contribution is 4.96. The van der Waals surface area contributed by atoms with Crippen LogP contribution in [0.1, 0.15) is 40.0 Å². The molecule has 0 spiro atoms. The van der Waals surface area contributed by atoms with Gasteiger partial charge in [0.25, 0.3) is 0 Å². The SMILES string of the molecule is C=C(CC)CC(N)CC(C)(C)OC. The highest BCUT2D eigenvalue weighted by Crippen LogP contribution is 2.18. The highest BCUT2D eigenvalue weighted by atomic mass is 16.5. The Morgan fingerprint density at radius 2 is 2.08 bits per heavy atom. The lowest BCUT2D eigenvalue weighted by molar-refractivity contribution is 0.0102. The second kappa shape index (κ2) is 5.40. The van der Waals surface area contributed by atoms with Gasteiger partial charge in [0.05, 0.1) is 5.60 Å². The van der Waals surface area contributed by atoms with Crippen LogP contribution in [0.2, 0.25) is 0 Å². The molecule has 1 unspecified atom stereocenters. The van der Waals surface area contributed by atoms with Crippen molar-refractivity contribution in [2.24, 2.45) is 5.73 Å². The first-order valence-electron chi connectivity index (χ1n) is 4.88. The van der Waals surface area contributed by atoms with Crippen LogP contribution in [0, 0.1) is 0 Å². The van der Waals surface area contributed by atoms with Crippen LogP contribution in [-0.2, 0) is 4.74 Å². The van der Waals surface area contributed by atoms with Gasteiger partial charge >= 0.3 is 0 Å². The van der Waals surface area contributed by atoms with Gasteiger partial charge in [0.15, 0.2) is 0 Å². The summed E-state index contributed by atoms with van der Waals surface area (Å²) in [5.41, 5.74) is 7.08. The second-order valence-corrected chi connectivity index (χ2v) is 4.24. The molecule has 0 aromatic heterocycles. The Hall–Kier alpha value is -0.340. The molecule has 0 bridgehead atoms. The maximum atomic E-state index is 5.97. The van der Waals surface area contributed by atoms with E-state index in [-0.39, 0.29) is 11.6 Å². The minimum absolute atomic E-state index is 0.118. The van der Waals surface area contributed by atoms with Crippen molar-refractivity contribution in [1.82, 2.24) is 0 Å². The summed E-state index contributed by atoms with van der Waals surface area (Å²) in [7, 11) is 1.72. The van der Waals surface area contributed by atoms with E-state index in [1.54, 1.807) is 7.11 Å². The molecule has 0 aliphatic carbocycles. The van der Waals surface area contributed by atoms with Crippen LogP contribution in [0.15, 0.2) is 12.2 Å². The third-order valence-corrected chi connectivity index (χ3v) is 2.36. The summed E-state index contributed by atoms with van der Waals surface area (Å²) < 4.78 is 5.31. The van der Waals surface area contributed by atoms with E-state index in [1.807, 2.05) is 0 Å². The summed E-state index contributed by atoms with van der Waals surface area (Å²) in [4.78, 5) is 0. The molecule has 0 aliphatic heterocycles. The Morgan fingerprint density at radius 3 is 2.46 bits per heavy atom.